The van der Waals surface area contributed by atoms with Crippen molar-refractivity contribution in [1.29, 1.82) is 0 Å². The van der Waals surface area contributed by atoms with Gasteiger partial charge in [0.05, 0.1) is 0 Å². The van der Waals surface area contributed by atoms with Gasteiger partial charge in [0, 0.05) is 12.7 Å². The third-order valence-corrected chi connectivity index (χ3v) is 8.32. The molecule has 0 aliphatic rings. The van der Waals surface area contributed by atoms with Crippen LogP contribution in [0.5, 0.6) is 0 Å². The molecule has 0 aliphatic carbocycles. The van der Waals surface area contributed by atoms with Crippen molar-refractivity contribution in [3.05, 3.63) is 0 Å². The number of unbranched alkanes of at least 4 members (excludes halogenated alkanes) is 6. The number of hydrogen-bond acceptors (Lipinski definition) is 2. The van der Waals surface area contributed by atoms with E-state index in [4.69, 9.17) is 8.85 Å². The van der Waals surface area contributed by atoms with Gasteiger partial charge in [0.15, 0.2) is 0 Å². The van der Waals surface area contributed by atoms with Crippen LogP contribution in [0.25, 0.3) is 0 Å². The fourth-order valence-electron chi connectivity index (χ4n) is 2.94. The average Bonchev–Trinajstić information content (AvgIpc) is 2.53. The van der Waals surface area contributed by atoms with E-state index in [-0.39, 0.29) is 0 Å². The molecule has 0 aromatic heterocycles. The predicted octanol–water partition coefficient (Wildman–Crippen LogP) is 6.69. The molecular formula is C19H42O2Si. The molecule has 0 bridgehead atoms. The molecule has 0 aliphatic heterocycles. The maximum Gasteiger partial charge on any atom is 0.337 e. The van der Waals surface area contributed by atoms with Crippen LogP contribution in [-0.2, 0) is 8.85 Å². The smallest absolute Gasteiger partial charge is 0.337 e. The molecule has 3 heteroatoms. The Kier molecular flexibility index (Phi) is 13.6. The molecule has 134 valence electrons. The Morgan fingerprint density at radius 2 is 1.32 bits per heavy atom. The Morgan fingerprint density at radius 1 is 0.773 bits per heavy atom. The van der Waals surface area contributed by atoms with Gasteiger partial charge in [-0.25, -0.2) is 0 Å². The van der Waals surface area contributed by atoms with Crippen LogP contribution in [0, 0.1) is 5.92 Å². The van der Waals surface area contributed by atoms with Crippen LogP contribution in [0.15, 0.2) is 0 Å². The highest BCUT2D eigenvalue weighted by molar-refractivity contribution is 6.67. The van der Waals surface area contributed by atoms with Crippen molar-refractivity contribution in [1.82, 2.24) is 0 Å². The van der Waals surface area contributed by atoms with Gasteiger partial charge in [-0.05, 0) is 30.8 Å². The van der Waals surface area contributed by atoms with Gasteiger partial charge in [-0.15, -0.1) is 0 Å². The van der Waals surface area contributed by atoms with Crippen LogP contribution in [0.1, 0.15) is 92.9 Å². The van der Waals surface area contributed by atoms with Crippen LogP contribution in [0.2, 0.25) is 12.1 Å². The molecule has 0 saturated carbocycles. The zero-order chi connectivity index (χ0) is 16.8. The summed E-state index contributed by atoms with van der Waals surface area (Å²) in [7, 11) is -1.97. The quantitative estimate of drug-likeness (QED) is 0.246. The zero-order valence-electron chi connectivity index (χ0n) is 16.2. The van der Waals surface area contributed by atoms with Crippen molar-refractivity contribution >= 4 is 8.56 Å². The summed E-state index contributed by atoms with van der Waals surface area (Å²) in [4.78, 5) is 0. The molecule has 0 heterocycles. The van der Waals surface area contributed by atoms with Crippen LogP contribution in [0.4, 0.5) is 0 Å². The van der Waals surface area contributed by atoms with Crippen LogP contribution >= 0.6 is 0 Å². The molecule has 0 aromatic rings. The summed E-state index contributed by atoms with van der Waals surface area (Å²) in [6.07, 6.45) is 10.8. The fraction of sp³-hybridized carbons (Fsp3) is 1.00. The second kappa shape index (κ2) is 13.6. The summed E-state index contributed by atoms with van der Waals surface area (Å²) in [5.74, 6) is 0.581. The predicted molar refractivity (Wildman–Crippen MR) is 101 cm³/mol. The average molecular weight is 331 g/mol. The van der Waals surface area contributed by atoms with Crippen molar-refractivity contribution < 1.29 is 8.85 Å². The lowest BCUT2D eigenvalue weighted by molar-refractivity contribution is 0.0788. The number of rotatable bonds is 15. The molecular weight excluding hydrogens is 288 g/mol. The van der Waals surface area contributed by atoms with E-state index in [0.29, 0.717) is 12.0 Å². The molecule has 0 N–H and O–H groups in total. The Morgan fingerprint density at radius 3 is 1.77 bits per heavy atom. The molecule has 22 heavy (non-hydrogen) atoms. The second-order valence-corrected chi connectivity index (χ2v) is 10.7. The largest absolute Gasteiger partial charge is 0.394 e. The molecule has 0 aromatic carbocycles. The van der Waals surface area contributed by atoms with Crippen molar-refractivity contribution in [3.63, 3.8) is 0 Å². The molecule has 0 rings (SSSR count). The lowest BCUT2D eigenvalue weighted by Gasteiger charge is -2.34. The van der Waals surface area contributed by atoms with Crippen LogP contribution < -0.4 is 0 Å². The van der Waals surface area contributed by atoms with Gasteiger partial charge >= 0.3 is 8.56 Å². The molecule has 2 nitrogen and oxygen atoms in total. The molecule has 0 spiro atoms. The summed E-state index contributed by atoms with van der Waals surface area (Å²) >= 11 is 0. The molecule has 1 unspecified atom stereocenters. The Balaban J connectivity index is 4.07. The van der Waals surface area contributed by atoms with Gasteiger partial charge in [-0.2, -0.15) is 0 Å². The standard InChI is InChI=1S/C19H42O2Si/c1-7-11-12-13-14-15-16-17-20-22(9-3,10-4)21-19(8-2)18(5)6/h18-19H,7-17H2,1-6H3. The monoisotopic (exact) mass is 330 g/mol. The molecule has 0 radical (unpaired) electrons. The van der Waals surface area contributed by atoms with Crippen molar-refractivity contribution in [2.45, 2.75) is 111 Å². The lowest BCUT2D eigenvalue weighted by atomic mass is 10.1. The second-order valence-electron chi connectivity index (χ2n) is 6.90. The van der Waals surface area contributed by atoms with E-state index in [2.05, 4.69) is 41.5 Å². The Hall–Kier alpha value is 0.137. The van der Waals surface area contributed by atoms with E-state index in [9.17, 15) is 0 Å². The third-order valence-electron chi connectivity index (χ3n) is 4.70. The van der Waals surface area contributed by atoms with Gasteiger partial charge in [0.1, 0.15) is 0 Å². The van der Waals surface area contributed by atoms with Gasteiger partial charge < -0.3 is 8.85 Å². The Bertz CT molecular complexity index is 240. The van der Waals surface area contributed by atoms with E-state index in [1.165, 1.54) is 44.9 Å². The van der Waals surface area contributed by atoms with E-state index < -0.39 is 8.56 Å². The molecule has 0 fully saturated rings. The van der Waals surface area contributed by atoms with Gasteiger partial charge in [-0.1, -0.05) is 80.1 Å². The molecule has 1 atom stereocenters. The van der Waals surface area contributed by atoms with E-state index in [1.807, 2.05) is 0 Å². The summed E-state index contributed by atoms with van der Waals surface area (Å²) < 4.78 is 12.9. The first-order valence-corrected chi connectivity index (χ1v) is 12.1. The van der Waals surface area contributed by atoms with E-state index in [1.54, 1.807) is 0 Å². The maximum atomic E-state index is 6.52. The molecule has 0 amide bonds. The minimum atomic E-state index is -1.97. The fourth-order valence-corrected chi connectivity index (χ4v) is 5.76. The van der Waals surface area contributed by atoms with Crippen molar-refractivity contribution in [2.75, 3.05) is 6.61 Å². The van der Waals surface area contributed by atoms with E-state index in [0.717, 1.165) is 25.1 Å². The van der Waals surface area contributed by atoms with Gasteiger partial charge in [0.25, 0.3) is 0 Å². The highest BCUT2D eigenvalue weighted by atomic mass is 28.4. The first kappa shape index (κ1) is 22.1. The minimum Gasteiger partial charge on any atom is -0.394 e. The Labute approximate surface area is 141 Å². The first-order valence-electron chi connectivity index (χ1n) is 9.86. The van der Waals surface area contributed by atoms with E-state index >= 15 is 0 Å². The molecule has 0 saturated heterocycles. The van der Waals surface area contributed by atoms with Crippen LogP contribution in [-0.4, -0.2) is 21.3 Å². The summed E-state index contributed by atoms with van der Waals surface area (Å²) in [5, 5.41) is 0. The van der Waals surface area contributed by atoms with Crippen LogP contribution in [0.3, 0.4) is 0 Å². The summed E-state index contributed by atoms with van der Waals surface area (Å²) in [5.41, 5.74) is 0. The highest BCUT2D eigenvalue weighted by Crippen LogP contribution is 2.25. The minimum absolute atomic E-state index is 0.362. The maximum absolute atomic E-state index is 6.52. The summed E-state index contributed by atoms with van der Waals surface area (Å²) in [6.45, 7) is 14.4. The normalized spacial score (nSPS) is 13.8. The van der Waals surface area contributed by atoms with Gasteiger partial charge in [0.2, 0.25) is 0 Å². The summed E-state index contributed by atoms with van der Waals surface area (Å²) in [6, 6.07) is 2.15. The van der Waals surface area contributed by atoms with Crippen molar-refractivity contribution in [3.8, 4) is 0 Å². The van der Waals surface area contributed by atoms with Gasteiger partial charge in [-0.3, -0.25) is 0 Å². The highest BCUT2D eigenvalue weighted by Gasteiger charge is 2.36. The zero-order valence-corrected chi connectivity index (χ0v) is 17.2. The van der Waals surface area contributed by atoms with Crippen molar-refractivity contribution in [2.24, 2.45) is 5.92 Å². The first-order chi connectivity index (χ1) is 10.5. The lowest BCUT2D eigenvalue weighted by Crippen LogP contribution is -2.45. The number of hydrogen-bond donors (Lipinski definition) is 0. The SMILES string of the molecule is CCCCCCCCCO[Si](CC)(CC)OC(CC)C(C)C. The topological polar surface area (TPSA) is 18.5 Å². The third kappa shape index (κ3) is 9.31.